The average Bonchev–Trinajstić information content (AvgIpc) is 3.37. The number of hydrogen-bond donors (Lipinski definition) is 1. The van der Waals surface area contributed by atoms with Gasteiger partial charge in [0, 0.05) is 66.5 Å². The Morgan fingerprint density at radius 3 is 2.38 bits per heavy atom. The molecule has 0 saturated carbocycles. The van der Waals surface area contributed by atoms with Crippen molar-refractivity contribution in [1.29, 1.82) is 0 Å². The lowest BCUT2D eigenvalue weighted by molar-refractivity contribution is -0.108. The highest BCUT2D eigenvalue weighted by molar-refractivity contribution is 7.99. The van der Waals surface area contributed by atoms with Crippen molar-refractivity contribution in [2.75, 3.05) is 46.6 Å². The van der Waals surface area contributed by atoms with Crippen LogP contribution in [0.2, 0.25) is 0 Å². The summed E-state index contributed by atoms with van der Waals surface area (Å²) in [5, 5.41) is 1.25. The van der Waals surface area contributed by atoms with Gasteiger partial charge in [-0.05, 0) is 47.3 Å². The van der Waals surface area contributed by atoms with E-state index in [0.717, 1.165) is 44.8 Å². The van der Waals surface area contributed by atoms with Crippen LogP contribution in [-0.4, -0.2) is 49.2 Å². The number of aromatic nitrogens is 1. The van der Waals surface area contributed by atoms with Crippen LogP contribution in [-0.2, 0) is 11.3 Å². The van der Waals surface area contributed by atoms with Crippen LogP contribution < -0.4 is 14.7 Å². The molecule has 1 aromatic heterocycles. The SMILES string of the molecule is O=CC1CSc2ccc(N3CCN(c4ccc5cc[nH]c5c4)CC3)cc2N1Cc1ccccc1. The van der Waals surface area contributed by atoms with E-state index in [1.807, 2.05) is 12.3 Å². The Labute approximate surface area is 204 Å². The van der Waals surface area contributed by atoms with Crippen molar-refractivity contribution in [3.8, 4) is 0 Å². The van der Waals surface area contributed by atoms with Crippen LogP contribution in [0.25, 0.3) is 10.9 Å². The Bertz CT molecular complexity index is 1300. The Kier molecular flexibility index (Phi) is 5.67. The van der Waals surface area contributed by atoms with Gasteiger partial charge in [-0.3, -0.25) is 0 Å². The van der Waals surface area contributed by atoms with E-state index in [-0.39, 0.29) is 6.04 Å². The molecule has 0 bridgehead atoms. The van der Waals surface area contributed by atoms with E-state index < -0.39 is 0 Å². The topological polar surface area (TPSA) is 42.6 Å². The van der Waals surface area contributed by atoms with Gasteiger partial charge in [-0.2, -0.15) is 0 Å². The Balaban J connectivity index is 1.21. The normalized spacial score (nSPS) is 18.2. The highest BCUT2D eigenvalue weighted by Gasteiger charge is 2.28. The van der Waals surface area contributed by atoms with Gasteiger partial charge in [0.05, 0.1) is 11.7 Å². The van der Waals surface area contributed by atoms with Crippen LogP contribution in [0, 0.1) is 0 Å². The van der Waals surface area contributed by atoms with E-state index in [1.54, 1.807) is 11.8 Å². The predicted octanol–water partition coefficient (Wildman–Crippen LogP) is 5.17. The second kappa shape index (κ2) is 9.11. The third kappa shape index (κ3) is 4.03. The van der Waals surface area contributed by atoms with Gasteiger partial charge in [-0.1, -0.05) is 36.4 Å². The standard InChI is InChI=1S/C28H28N4OS/c33-19-25-20-34-28-9-8-24(17-27(28)32(25)18-21-4-2-1-3-5-21)31-14-12-30(13-15-31)23-7-6-22-10-11-29-26(22)16-23/h1-11,16-17,19,25,29H,12-15,18,20H2. The molecule has 0 spiro atoms. The monoisotopic (exact) mass is 468 g/mol. The van der Waals surface area contributed by atoms with Crippen molar-refractivity contribution in [2.45, 2.75) is 17.5 Å². The summed E-state index contributed by atoms with van der Waals surface area (Å²) in [7, 11) is 0. The molecule has 3 aromatic carbocycles. The van der Waals surface area contributed by atoms with E-state index in [0.29, 0.717) is 0 Å². The molecule has 0 amide bonds. The number of benzene rings is 3. The molecule has 5 nitrogen and oxygen atoms in total. The number of thioether (sulfide) groups is 1. The summed E-state index contributed by atoms with van der Waals surface area (Å²) in [6, 6.07) is 25.9. The third-order valence-corrected chi connectivity index (χ3v) is 8.13. The lowest BCUT2D eigenvalue weighted by Crippen LogP contribution is -2.46. The van der Waals surface area contributed by atoms with E-state index in [9.17, 15) is 4.79 Å². The summed E-state index contributed by atoms with van der Waals surface area (Å²) in [6.07, 6.45) is 3.10. The molecule has 34 heavy (non-hydrogen) atoms. The number of carbonyl (C=O) groups excluding carboxylic acids is 1. The van der Waals surface area contributed by atoms with Crippen LogP contribution in [0.3, 0.4) is 0 Å². The lowest BCUT2D eigenvalue weighted by Gasteiger charge is -2.39. The number of aromatic amines is 1. The zero-order chi connectivity index (χ0) is 22.9. The Morgan fingerprint density at radius 1 is 0.882 bits per heavy atom. The molecule has 172 valence electrons. The molecule has 1 unspecified atom stereocenters. The maximum atomic E-state index is 11.9. The molecular formula is C28H28N4OS. The first-order valence-electron chi connectivity index (χ1n) is 11.9. The van der Waals surface area contributed by atoms with Gasteiger partial charge in [0.1, 0.15) is 6.29 Å². The number of carbonyl (C=O) groups is 1. The number of nitrogens with one attached hydrogen (secondary N) is 1. The van der Waals surface area contributed by atoms with Crippen molar-refractivity contribution in [3.05, 3.63) is 84.6 Å². The van der Waals surface area contributed by atoms with Gasteiger partial charge >= 0.3 is 0 Å². The molecule has 3 heterocycles. The first-order chi connectivity index (χ1) is 16.8. The van der Waals surface area contributed by atoms with E-state index in [4.69, 9.17) is 0 Å². The van der Waals surface area contributed by atoms with Gasteiger partial charge in [-0.25, -0.2) is 0 Å². The summed E-state index contributed by atoms with van der Waals surface area (Å²) in [4.78, 5) is 23.7. The molecular weight excluding hydrogens is 440 g/mol. The van der Waals surface area contributed by atoms with Crippen LogP contribution in [0.5, 0.6) is 0 Å². The molecule has 1 saturated heterocycles. The van der Waals surface area contributed by atoms with Crippen LogP contribution in [0.15, 0.2) is 83.9 Å². The first-order valence-corrected chi connectivity index (χ1v) is 12.9. The number of aldehydes is 1. The van der Waals surface area contributed by atoms with Crippen LogP contribution >= 0.6 is 11.8 Å². The van der Waals surface area contributed by atoms with Crippen LogP contribution in [0.4, 0.5) is 17.1 Å². The molecule has 1 fully saturated rings. The van der Waals surface area contributed by atoms with E-state index in [2.05, 4.69) is 86.4 Å². The van der Waals surface area contributed by atoms with Gasteiger partial charge in [0.15, 0.2) is 0 Å². The highest BCUT2D eigenvalue weighted by Crippen LogP contribution is 2.40. The maximum absolute atomic E-state index is 11.9. The average molecular weight is 469 g/mol. The van der Waals surface area contributed by atoms with Crippen molar-refractivity contribution >= 4 is 46.0 Å². The minimum atomic E-state index is -0.104. The summed E-state index contributed by atoms with van der Waals surface area (Å²) in [6.45, 7) is 4.68. The van der Waals surface area contributed by atoms with Gasteiger partial charge in [0.25, 0.3) is 0 Å². The molecule has 6 heteroatoms. The van der Waals surface area contributed by atoms with E-state index >= 15 is 0 Å². The van der Waals surface area contributed by atoms with Crippen molar-refractivity contribution in [3.63, 3.8) is 0 Å². The summed E-state index contributed by atoms with van der Waals surface area (Å²) in [5.41, 5.74) is 6.11. The number of nitrogens with zero attached hydrogens (tertiary/aromatic N) is 3. The van der Waals surface area contributed by atoms with Crippen molar-refractivity contribution in [2.24, 2.45) is 0 Å². The number of hydrogen-bond acceptors (Lipinski definition) is 5. The summed E-state index contributed by atoms with van der Waals surface area (Å²) >= 11 is 1.79. The maximum Gasteiger partial charge on any atom is 0.143 e. The fraction of sp³-hybridized carbons (Fsp3) is 0.250. The van der Waals surface area contributed by atoms with E-state index in [1.165, 1.54) is 38.4 Å². The highest BCUT2D eigenvalue weighted by atomic mass is 32.2. The van der Waals surface area contributed by atoms with Gasteiger partial charge < -0.3 is 24.5 Å². The molecule has 2 aliphatic rings. The second-order valence-electron chi connectivity index (χ2n) is 9.00. The molecule has 1 atom stereocenters. The van der Waals surface area contributed by atoms with Crippen LogP contribution in [0.1, 0.15) is 5.56 Å². The zero-order valence-corrected chi connectivity index (χ0v) is 19.9. The smallest absolute Gasteiger partial charge is 0.143 e. The number of fused-ring (bicyclic) bond motifs is 2. The van der Waals surface area contributed by atoms with Crippen molar-refractivity contribution < 1.29 is 4.79 Å². The quantitative estimate of drug-likeness (QED) is 0.409. The first kappa shape index (κ1) is 21.2. The second-order valence-corrected chi connectivity index (χ2v) is 10.1. The number of H-pyrrole nitrogens is 1. The summed E-state index contributed by atoms with van der Waals surface area (Å²) < 4.78 is 0. The molecule has 6 rings (SSSR count). The number of rotatable bonds is 5. The summed E-state index contributed by atoms with van der Waals surface area (Å²) in [5.74, 6) is 0.798. The fourth-order valence-corrected chi connectivity index (χ4v) is 6.14. The van der Waals surface area contributed by atoms with Gasteiger partial charge in [0.2, 0.25) is 0 Å². The predicted molar refractivity (Wildman–Crippen MR) is 142 cm³/mol. The molecule has 1 N–H and O–H groups in total. The lowest BCUT2D eigenvalue weighted by atomic mass is 10.1. The Hall–Kier alpha value is -3.38. The molecule has 0 aliphatic carbocycles. The number of piperazine rings is 1. The fourth-order valence-electron chi connectivity index (χ4n) is 5.04. The van der Waals surface area contributed by atoms with Crippen molar-refractivity contribution in [1.82, 2.24) is 4.98 Å². The molecule has 0 radical (unpaired) electrons. The minimum absolute atomic E-state index is 0.104. The zero-order valence-electron chi connectivity index (χ0n) is 19.1. The number of anilines is 3. The Morgan fingerprint density at radius 2 is 1.62 bits per heavy atom. The molecule has 2 aliphatic heterocycles. The minimum Gasteiger partial charge on any atom is -0.368 e. The van der Waals surface area contributed by atoms with Gasteiger partial charge in [-0.15, -0.1) is 11.8 Å². The largest absolute Gasteiger partial charge is 0.368 e. The third-order valence-electron chi connectivity index (χ3n) is 6.96. The molecule has 4 aromatic rings.